The fourth-order valence-electron chi connectivity index (χ4n) is 3.58. The molecule has 1 aromatic rings. The van der Waals surface area contributed by atoms with Crippen LogP contribution in [0.1, 0.15) is 38.2 Å². The molecule has 5 nitrogen and oxygen atoms in total. The monoisotopic (exact) mass is 348 g/mol. The third-order valence-electron chi connectivity index (χ3n) is 4.97. The van der Waals surface area contributed by atoms with Crippen molar-refractivity contribution >= 4 is 17.5 Å². The number of likely N-dealkylation sites (N-methyl/N-ethyl adjacent to an activating group) is 1. The smallest absolute Gasteiger partial charge is 0.227 e. The van der Waals surface area contributed by atoms with Crippen LogP contribution >= 0.6 is 0 Å². The first-order chi connectivity index (χ1) is 12.1. The summed E-state index contributed by atoms with van der Waals surface area (Å²) in [6.45, 7) is 4.31. The molecule has 1 aromatic carbocycles. The van der Waals surface area contributed by atoms with Crippen molar-refractivity contribution in [1.29, 1.82) is 0 Å². The summed E-state index contributed by atoms with van der Waals surface area (Å²) in [6.07, 6.45) is 3.35. The molecule has 0 unspecified atom stereocenters. The van der Waals surface area contributed by atoms with Gasteiger partial charge in [0, 0.05) is 44.8 Å². The molecule has 0 aliphatic carbocycles. The number of rotatable bonds is 6. The summed E-state index contributed by atoms with van der Waals surface area (Å²) < 4.78 is 19.0. The van der Waals surface area contributed by atoms with E-state index >= 15 is 0 Å². The van der Waals surface area contributed by atoms with Gasteiger partial charge in [0.25, 0.3) is 0 Å². The molecule has 3 rings (SSSR count). The van der Waals surface area contributed by atoms with E-state index in [0.717, 1.165) is 30.7 Å². The van der Waals surface area contributed by atoms with Crippen molar-refractivity contribution in [3.05, 3.63) is 29.6 Å². The molecule has 1 fully saturated rings. The van der Waals surface area contributed by atoms with Gasteiger partial charge >= 0.3 is 0 Å². The second kappa shape index (κ2) is 7.95. The Bertz CT molecular complexity index is 644. The van der Waals surface area contributed by atoms with Crippen LogP contribution in [0, 0.1) is 5.82 Å². The lowest BCUT2D eigenvalue weighted by Gasteiger charge is -2.30. The lowest BCUT2D eigenvalue weighted by Crippen LogP contribution is -2.41. The third kappa shape index (κ3) is 4.18. The van der Waals surface area contributed by atoms with Crippen molar-refractivity contribution < 1.29 is 18.7 Å². The number of benzene rings is 1. The first-order valence-corrected chi connectivity index (χ1v) is 9.06. The number of amides is 2. The number of hydrogen-bond acceptors (Lipinski definition) is 3. The molecule has 0 N–H and O–H groups in total. The molecule has 25 heavy (non-hydrogen) atoms. The molecule has 0 saturated carbocycles. The second-order valence-electron chi connectivity index (χ2n) is 6.64. The second-order valence-corrected chi connectivity index (χ2v) is 6.64. The van der Waals surface area contributed by atoms with Gasteiger partial charge in [-0.3, -0.25) is 9.59 Å². The molecule has 0 spiro atoms. The zero-order valence-electron chi connectivity index (χ0n) is 14.7. The summed E-state index contributed by atoms with van der Waals surface area (Å²) in [4.78, 5) is 28.2. The van der Waals surface area contributed by atoms with Crippen LogP contribution in [-0.2, 0) is 20.7 Å². The number of ether oxygens (including phenoxy) is 1. The number of hydrogen-bond donors (Lipinski definition) is 0. The zero-order valence-corrected chi connectivity index (χ0v) is 14.7. The van der Waals surface area contributed by atoms with Gasteiger partial charge in [-0.05, 0) is 49.9 Å². The Kier molecular flexibility index (Phi) is 5.68. The van der Waals surface area contributed by atoms with Gasteiger partial charge in [-0.15, -0.1) is 0 Å². The third-order valence-corrected chi connectivity index (χ3v) is 4.97. The first kappa shape index (κ1) is 17.9. The van der Waals surface area contributed by atoms with E-state index in [1.807, 2.05) is 6.92 Å². The van der Waals surface area contributed by atoms with Crippen molar-refractivity contribution in [3.8, 4) is 0 Å². The van der Waals surface area contributed by atoms with Crippen LogP contribution in [0.2, 0.25) is 0 Å². The van der Waals surface area contributed by atoms with Gasteiger partial charge in [-0.2, -0.15) is 0 Å². The molecule has 136 valence electrons. The lowest BCUT2D eigenvalue weighted by molar-refractivity contribution is -0.132. The number of fused-ring (bicyclic) bond motifs is 1. The van der Waals surface area contributed by atoms with Crippen LogP contribution in [0.4, 0.5) is 10.1 Å². The fraction of sp³-hybridized carbons (Fsp3) is 0.579. The average molecular weight is 348 g/mol. The fourth-order valence-corrected chi connectivity index (χ4v) is 3.58. The van der Waals surface area contributed by atoms with Crippen LogP contribution in [0.15, 0.2) is 18.2 Å². The molecule has 6 heteroatoms. The molecule has 0 bridgehead atoms. The Morgan fingerprint density at radius 3 is 2.96 bits per heavy atom. The molecule has 0 radical (unpaired) electrons. The predicted octanol–water partition coefficient (Wildman–Crippen LogP) is 2.52. The van der Waals surface area contributed by atoms with Crippen LogP contribution in [0.25, 0.3) is 0 Å². The van der Waals surface area contributed by atoms with E-state index in [2.05, 4.69) is 0 Å². The molecule has 1 saturated heterocycles. The van der Waals surface area contributed by atoms with Gasteiger partial charge in [0.2, 0.25) is 11.8 Å². The normalized spacial score (nSPS) is 19.8. The highest BCUT2D eigenvalue weighted by molar-refractivity contribution is 5.97. The Morgan fingerprint density at radius 2 is 2.24 bits per heavy atom. The molecule has 1 atom stereocenters. The number of carbonyl (C=O) groups excluding carboxylic acids is 2. The maximum atomic E-state index is 13.4. The highest BCUT2D eigenvalue weighted by Gasteiger charge is 2.26. The van der Waals surface area contributed by atoms with E-state index < -0.39 is 0 Å². The highest BCUT2D eigenvalue weighted by Crippen LogP contribution is 2.28. The van der Waals surface area contributed by atoms with E-state index in [0.29, 0.717) is 32.5 Å². The summed E-state index contributed by atoms with van der Waals surface area (Å²) >= 11 is 0. The van der Waals surface area contributed by atoms with E-state index in [1.54, 1.807) is 15.9 Å². The van der Waals surface area contributed by atoms with Crippen LogP contribution in [0.3, 0.4) is 0 Å². The molecule has 2 aliphatic rings. The summed E-state index contributed by atoms with van der Waals surface area (Å²) in [7, 11) is 0. The number of nitrogens with zero attached hydrogens (tertiary/aromatic N) is 2. The minimum Gasteiger partial charge on any atom is -0.376 e. The average Bonchev–Trinajstić information content (AvgIpc) is 3.11. The molecule has 2 heterocycles. The Balaban J connectivity index is 1.62. The predicted molar refractivity (Wildman–Crippen MR) is 92.9 cm³/mol. The number of halogens is 1. The minimum atomic E-state index is -0.294. The Labute approximate surface area is 147 Å². The quantitative estimate of drug-likeness (QED) is 0.794. The number of aryl methyl sites for hydroxylation is 1. The molecular weight excluding hydrogens is 323 g/mol. The van der Waals surface area contributed by atoms with E-state index in [1.165, 1.54) is 12.1 Å². The largest absolute Gasteiger partial charge is 0.376 e. The lowest BCUT2D eigenvalue weighted by atomic mass is 10.0. The maximum Gasteiger partial charge on any atom is 0.227 e. The first-order valence-electron chi connectivity index (χ1n) is 9.06. The SMILES string of the molecule is CCN(C[C@@H]1CCCO1)C(=O)CCN1C(=O)CCc2cc(F)ccc21. The van der Waals surface area contributed by atoms with Crippen molar-refractivity contribution in [2.24, 2.45) is 0 Å². The van der Waals surface area contributed by atoms with Gasteiger partial charge in [0.1, 0.15) is 5.82 Å². The highest BCUT2D eigenvalue weighted by atomic mass is 19.1. The Morgan fingerprint density at radius 1 is 1.40 bits per heavy atom. The van der Waals surface area contributed by atoms with Crippen molar-refractivity contribution in [1.82, 2.24) is 4.90 Å². The van der Waals surface area contributed by atoms with Crippen molar-refractivity contribution in [2.45, 2.75) is 45.1 Å². The van der Waals surface area contributed by atoms with Crippen molar-refractivity contribution in [3.63, 3.8) is 0 Å². The van der Waals surface area contributed by atoms with Crippen LogP contribution < -0.4 is 4.90 Å². The van der Waals surface area contributed by atoms with Gasteiger partial charge in [0.05, 0.1) is 6.10 Å². The summed E-state index contributed by atoms with van der Waals surface area (Å²) in [5.41, 5.74) is 1.56. The van der Waals surface area contributed by atoms with Gasteiger partial charge in [0.15, 0.2) is 0 Å². The van der Waals surface area contributed by atoms with Gasteiger partial charge in [-0.1, -0.05) is 0 Å². The summed E-state index contributed by atoms with van der Waals surface area (Å²) in [5.74, 6) is -0.271. The number of anilines is 1. The van der Waals surface area contributed by atoms with E-state index in [-0.39, 0.29) is 30.2 Å². The standard InChI is InChI=1S/C19H25FN2O3/c1-2-21(13-16-4-3-11-25-16)18(23)9-10-22-17-7-6-15(20)12-14(17)5-8-19(22)24/h6-7,12,16H,2-5,8-11,13H2,1H3/t16-/m0/s1. The van der Waals surface area contributed by atoms with Crippen molar-refractivity contribution in [2.75, 3.05) is 31.1 Å². The van der Waals surface area contributed by atoms with E-state index in [4.69, 9.17) is 4.74 Å². The molecule has 2 aliphatic heterocycles. The summed E-state index contributed by atoms with van der Waals surface area (Å²) in [5, 5.41) is 0. The molecule has 0 aromatic heterocycles. The van der Waals surface area contributed by atoms with Gasteiger partial charge in [-0.25, -0.2) is 4.39 Å². The van der Waals surface area contributed by atoms with Gasteiger partial charge < -0.3 is 14.5 Å². The Hall–Kier alpha value is -1.95. The molecular formula is C19H25FN2O3. The minimum absolute atomic E-state index is 0.00548. The number of carbonyl (C=O) groups is 2. The van der Waals surface area contributed by atoms with E-state index in [9.17, 15) is 14.0 Å². The maximum absolute atomic E-state index is 13.4. The van der Waals surface area contributed by atoms with Crippen LogP contribution in [0.5, 0.6) is 0 Å². The zero-order chi connectivity index (χ0) is 17.8. The topological polar surface area (TPSA) is 49.9 Å². The van der Waals surface area contributed by atoms with Crippen LogP contribution in [-0.4, -0.2) is 49.1 Å². The molecule has 2 amide bonds. The summed E-state index contributed by atoms with van der Waals surface area (Å²) in [6, 6.07) is 4.48.